The first-order chi connectivity index (χ1) is 13.6. The van der Waals surface area contributed by atoms with Crippen molar-refractivity contribution >= 4 is 5.71 Å². The van der Waals surface area contributed by atoms with E-state index in [1.807, 2.05) is 0 Å². The Bertz CT molecular complexity index is 829. The zero-order valence-corrected chi connectivity index (χ0v) is 17.4. The Kier molecular flexibility index (Phi) is 5.66. The van der Waals surface area contributed by atoms with Crippen molar-refractivity contribution in [2.45, 2.75) is 65.1 Å². The summed E-state index contributed by atoms with van der Waals surface area (Å²) in [6.07, 6.45) is 10.7. The van der Waals surface area contributed by atoms with Gasteiger partial charge in [0, 0.05) is 11.6 Å². The zero-order chi connectivity index (χ0) is 19.7. The van der Waals surface area contributed by atoms with Crippen LogP contribution in [0.3, 0.4) is 0 Å². The monoisotopic (exact) mass is 377 g/mol. The summed E-state index contributed by atoms with van der Waals surface area (Å²) in [5.41, 5.74) is 5.93. The van der Waals surface area contributed by atoms with Gasteiger partial charge in [-0.05, 0) is 59.8 Å². The van der Waals surface area contributed by atoms with E-state index in [1.165, 1.54) is 16.8 Å². The Hall–Kier alpha value is -1.96. The van der Waals surface area contributed by atoms with Crippen molar-refractivity contribution in [1.29, 1.82) is 0 Å². The first kappa shape index (κ1) is 19.4. The van der Waals surface area contributed by atoms with Gasteiger partial charge in [0.2, 0.25) is 0 Å². The molecule has 0 N–H and O–H groups in total. The minimum atomic E-state index is -0.802. The summed E-state index contributed by atoms with van der Waals surface area (Å²) in [6.45, 7) is 6.91. The molecule has 0 saturated carbocycles. The SMILES string of the molecule is CCCC(C)C1=CC(C2=CCCC2F)=CC2C(C)CC(c3ccccc3)=NC12. The molecule has 2 heteroatoms. The lowest BCUT2D eigenvalue weighted by Crippen LogP contribution is -2.36. The fourth-order valence-electron chi connectivity index (χ4n) is 5.13. The van der Waals surface area contributed by atoms with E-state index in [-0.39, 0.29) is 6.04 Å². The predicted octanol–water partition coefficient (Wildman–Crippen LogP) is 6.86. The molecule has 28 heavy (non-hydrogen) atoms. The first-order valence-electron chi connectivity index (χ1n) is 11.0. The highest BCUT2D eigenvalue weighted by molar-refractivity contribution is 6.01. The second-order valence-electron chi connectivity index (χ2n) is 8.81. The Labute approximate surface area is 169 Å². The average molecular weight is 378 g/mol. The number of rotatable bonds is 5. The van der Waals surface area contributed by atoms with E-state index < -0.39 is 6.17 Å². The molecule has 0 fully saturated rings. The third-order valence-electron chi connectivity index (χ3n) is 6.72. The normalized spacial score (nSPS) is 30.7. The maximum atomic E-state index is 14.5. The topological polar surface area (TPSA) is 12.4 Å². The van der Waals surface area contributed by atoms with Crippen LogP contribution in [0.25, 0.3) is 0 Å². The molecule has 0 spiro atoms. The van der Waals surface area contributed by atoms with Gasteiger partial charge < -0.3 is 0 Å². The Morgan fingerprint density at radius 3 is 2.68 bits per heavy atom. The van der Waals surface area contributed by atoms with Crippen LogP contribution in [-0.2, 0) is 0 Å². The first-order valence-corrected chi connectivity index (χ1v) is 11.0. The molecule has 5 atom stereocenters. The van der Waals surface area contributed by atoms with Gasteiger partial charge in [0.05, 0.1) is 6.04 Å². The van der Waals surface area contributed by atoms with Crippen molar-refractivity contribution in [3.63, 3.8) is 0 Å². The van der Waals surface area contributed by atoms with Crippen molar-refractivity contribution in [3.05, 3.63) is 70.8 Å². The minimum absolute atomic E-state index is 0.198. The second kappa shape index (κ2) is 8.19. The average Bonchev–Trinajstić information content (AvgIpc) is 3.14. The summed E-state index contributed by atoms with van der Waals surface area (Å²) in [6, 6.07) is 10.8. The Morgan fingerprint density at radius 2 is 2.00 bits per heavy atom. The second-order valence-corrected chi connectivity index (χ2v) is 8.81. The molecule has 0 radical (unpaired) electrons. The van der Waals surface area contributed by atoms with Crippen LogP contribution in [0.5, 0.6) is 0 Å². The molecule has 148 valence electrons. The molecule has 1 aromatic carbocycles. The van der Waals surface area contributed by atoms with Crippen LogP contribution >= 0.6 is 0 Å². The van der Waals surface area contributed by atoms with E-state index in [0.29, 0.717) is 24.2 Å². The zero-order valence-electron chi connectivity index (χ0n) is 17.4. The van der Waals surface area contributed by atoms with Crippen LogP contribution < -0.4 is 0 Å². The number of aliphatic imine (C=N–C) groups is 1. The maximum Gasteiger partial charge on any atom is 0.126 e. The predicted molar refractivity (Wildman–Crippen MR) is 116 cm³/mol. The van der Waals surface area contributed by atoms with Crippen LogP contribution in [0.2, 0.25) is 0 Å². The largest absolute Gasteiger partial charge is 0.281 e. The molecule has 0 aromatic heterocycles. The van der Waals surface area contributed by atoms with E-state index in [9.17, 15) is 4.39 Å². The molecule has 1 aromatic rings. The molecule has 2 aliphatic carbocycles. The highest BCUT2D eigenvalue weighted by atomic mass is 19.1. The van der Waals surface area contributed by atoms with Crippen molar-refractivity contribution in [1.82, 2.24) is 0 Å². The van der Waals surface area contributed by atoms with Crippen molar-refractivity contribution in [3.8, 4) is 0 Å². The van der Waals surface area contributed by atoms with Gasteiger partial charge in [-0.25, -0.2) is 4.39 Å². The molecule has 4 rings (SSSR count). The Balaban J connectivity index is 1.75. The molecule has 5 unspecified atom stereocenters. The van der Waals surface area contributed by atoms with Gasteiger partial charge in [0.15, 0.2) is 0 Å². The molecule has 3 aliphatic rings. The highest BCUT2D eigenvalue weighted by Crippen LogP contribution is 2.43. The molecule has 0 saturated heterocycles. The van der Waals surface area contributed by atoms with Crippen LogP contribution in [0.4, 0.5) is 4.39 Å². The van der Waals surface area contributed by atoms with Crippen LogP contribution in [0.15, 0.2) is 70.3 Å². The van der Waals surface area contributed by atoms with Crippen molar-refractivity contribution in [2.24, 2.45) is 22.7 Å². The number of allylic oxidation sites excluding steroid dienone is 4. The van der Waals surface area contributed by atoms with Gasteiger partial charge in [0.25, 0.3) is 0 Å². The van der Waals surface area contributed by atoms with E-state index in [0.717, 1.165) is 36.8 Å². The standard InChI is InChI=1S/C26H32FN/c1-4-9-17(2)22-15-20(21-12-8-13-24(21)27)16-23-18(3)14-25(28-26(22)23)19-10-6-5-7-11-19/h5-7,10-12,15-18,23-24,26H,4,8-9,13-14H2,1-3H3. The number of hydrogen-bond acceptors (Lipinski definition) is 1. The molecule has 1 nitrogen and oxygen atoms in total. The quantitative estimate of drug-likeness (QED) is 0.531. The number of fused-ring (bicyclic) bond motifs is 1. The molecular weight excluding hydrogens is 345 g/mol. The van der Waals surface area contributed by atoms with Gasteiger partial charge in [-0.3, -0.25) is 4.99 Å². The smallest absolute Gasteiger partial charge is 0.126 e. The number of hydrogen-bond donors (Lipinski definition) is 0. The van der Waals surface area contributed by atoms with E-state index in [4.69, 9.17) is 4.99 Å². The maximum absolute atomic E-state index is 14.5. The van der Waals surface area contributed by atoms with E-state index >= 15 is 0 Å². The molecule has 0 bridgehead atoms. The summed E-state index contributed by atoms with van der Waals surface area (Å²) in [5, 5.41) is 0. The third kappa shape index (κ3) is 3.66. The van der Waals surface area contributed by atoms with Gasteiger partial charge in [-0.2, -0.15) is 0 Å². The molecular formula is C26H32FN. The third-order valence-corrected chi connectivity index (χ3v) is 6.72. The number of benzene rings is 1. The Morgan fingerprint density at radius 1 is 1.21 bits per heavy atom. The molecule has 1 aliphatic heterocycles. The lowest BCUT2D eigenvalue weighted by molar-refractivity contribution is 0.351. The highest BCUT2D eigenvalue weighted by Gasteiger charge is 2.38. The lowest BCUT2D eigenvalue weighted by atomic mass is 9.70. The molecule has 0 amide bonds. The van der Waals surface area contributed by atoms with Crippen LogP contribution in [0, 0.1) is 17.8 Å². The van der Waals surface area contributed by atoms with Gasteiger partial charge in [-0.15, -0.1) is 0 Å². The lowest BCUT2D eigenvalue weighted by Gasteiger charge is -2.39. The van der Waals surface area contributed by atoms with Crippen LogP contribution in [0.1, 0.15) is 58.4 Å². The van der Waals surface area contributed by atoms with E-state index in [2.05, 4.69) is 69.3 Å². The summed E-state index contributed by atoms with van der Waals surface area (Å²) < 4.78 is 14.5. The van der Waals surface area contributed by atoms with Gasteiger partial charge in [0.1, 0.15) is 6.17 Å². The van der Waals surface area contributed by atoms with Gasteiger partial charge >= 0.3 is 0 Å². The van der Waals surface area contributed by atoms with Crippen LogP contribution in [-0.4, -0.2) is 17.9 Å². The summed E-state index contributed by atoms with van der Waals surface area (Å²) >= 11 is 0. The number of halogens is 1. The summed E-state index contributed by atoms with van der Waals surface area (Å²) in [5.74, 6) is 1.35. The number of nitrogens with zero attached hydrogens (tertiary/aromatic N) is 1. The number of alkyl halides is 1. The van der Waals surface area contributed by atoms with Crippen molar-refractivity contribution in [2.75, 3.05) is 0 Å². The van der Waals surface area contributed by atoms with E-state index in [1.54, 1.807) is 0 Å². The fraction of sp³-hybridized carbons (Fsp3) is 0.500. The van der Waals surface area contributed by atoms with Gasteiger partial charge in [-0.1, -0.05) is 75.8 Å². The summed E-state index contributed by atoms with van der Waals surface area (Å²) in [7, 11) is 0. The van der Waals surface area contributed by atoms with Crippen molar-refractivity contribution < 1.29 is 4.39 Å². The fourth-order valence-corrected chi connectivity index (χ4v) is 5.13. The summed E-state index contributed by atoms with van der Waals surface area (Å²) in [4.78, 5) is 5.28. The minimum Gasteiger partial charge on any atom is -0.281 e. The molecule has 1 heterocycles.